The fourth-order valence-corrected chi connectivity index (χ4v) is 1.56. The molecule has 17 heavy (non-hydrogen) atoms. The molecule has 0 unspecified atom stereocenters. The summed E-state index contributed by atoms with van der Waals surface area (Å²) in [5, 5.41) is 6.79. The molecule has 0 aliphatic rings. The number of rotatable bonds is 3. The number of nitrogen functional groups attached to an aromatic ring is 1. The molecule has 1 aromatic heterocycles. The first-order chi connectivity index (χ1) is 8.15. The molecule has 0 aliphatic heterocycles. The number of nitrogens with one attached hydrogen (secondary N) is 1. The van der Waals surface area contributed by atoms with E-state index in [0.717, 1.165) is 11.3 Å². The smallest absolute Gasteiger partial charge is 0.246 e. The highest BCUT2D eigenvalue weighted by Gasteiger charge is 2.05. The summed E-state index contributed by atoms with van der Waals surface area (Å²) < 4.78 is 1.57. The van der Waals surface area contributed by atoms with Crippen LogP contribution in [0.4, 0.5) is 11.4 Å². The van der Waals surface area contributed by atoms with Crippen LogP contribution in [-0.4, -0.2) is 15.7 Å². The lowest BCUT2D eigenvalue weighted by Gasteiger charge is -2.09. The third-order valence-electron chi connectivity index (χ3n) is 2.39. The van der Waals surface area contributed by atoms with Crippen molar-refractivity contribution in [3.63, 3.8) is 0 Å². The molecule has 1 aromatic carbocycles. The summed E-state index contributed by atoms with van der Waals surface area (Å²) in [6.45, 7) is 2.11. The predicted octanol–water partition coefficient (Wildman–Crippen LogP) is 1.41. The van der Waals surface area contributed by atoms with Gasteiger partial charge in [0.2, 0.25) is 5.91 Å². The number of hydrogen-bond donors (Lipinski definition) is 2. The summed E-state index contributed by atoms with van der Waals surface area (Å²) in [5.41, 5.74) is 8.05. The van der Waals surface area contributed by atoms with Crippen LogP contribution in [0, 0.1) is 6.92 Å². The molecule has 5 heteroatoms. The monoisotopic (exact) mass is 230 g/mol. The van der Waals surface area contributed by atoms with Gasteiger partial charge in [-0.25, -0.2) is 0 Å². The minimum atomic E-state index is -0.110. The van der Waals surface area contributed by atoms with Gasteiger partial charge in [-0.15, -0.1) is 0 Å². The summed E-state index contributed by atoms with van der Waals surface area (Å²) in [6, 6.07) is 7.16. The third kappa shape index (κ3) is 2.84. The molecular formula is C12H14N4O. The lowest BCUT2D eigenvalue weighted by molar-refractivity contribution is -0.116. The first-order valence-corrected chi connectivity index (χ1v) is 5.28. The van der Waals surface area contributed by atoms with Crippen LogP contribution >= 0.6 is 0 Å². The third-order valence-corrected chi connectivity index (χ3v) is 2.39. The minimum Gasteiger partial charge on any atom is -0.399 e. The van der Waals surface area contributed by atoms with Gasteiger partial charge in [0, 0.05) is 23.8 Å². The summed E-state index contributed by atoms with van der Waals surface area (Å²) in [4.78, 5) is 11.7. The van der Waals surface area contributed by atoms with Gasteiger partial charge in [-0.05, 0) is 36.8 Å². The Hall–Kier alpha value is -2.30. The highest BCUT2D eigenvalue weighted by Crippen LogP contribution is 2.17. The molecule has 2 rings (SSSR count). The zero-order valence-electron chi connectivity index (χ0n) is 9.55. The molecule has 0 spiro atoms. The highest BCUT2D eigenvalue weighted by molar-refractivity contribution is 5.91. The molecule has 0 radical (unpaired) electrons. The number of aromatic nitrogens is 2. The Balaban J connectivity index is 2.03. The highest BCUT2D eigenvalue weighted by atomic mass is 16.2. The number of amides is 1. The lowest BCUT2D eigenvalue weighted by Crippen LogP contribution is -2.19. The Morgan fingerprint density at radius 3 is 3.00 bits per heavy atom. The van der Waals surface area contributed by atoms with Crippen LogP contribution < -0.4 is 11.1 Å². The molecule has 1 heterocycles. The van der Waals surface area contributed by atoms with Gasteiger partial charge >= 0.3 is 0 Å². The summed E-state index contributed by atoms with van der Waals surface area (Å²) in [5.74, 6) is -0.110. The summed E-state index contributed by atoms with van der Waals surface area (Å²) >= 11 is 0. The Morgan fingerprint density at radius 2 is 2.35 bits per heavy atom. The van der Waals surface area contributed by atoms with Crippen LogP contribution in [0.25, 0.3) is 0 Å². The van der Waals surface area contributed by atoms with E-state index in [0.29, 0.717) is 5.69 Å². The fraction of sp³-hybridized carbons (Fsp3) is 0.167. The molecule has 88 valence electrons. The summed E-state index contributed by atoms with van der Waals surface area (Å²) in [6.07, 6.45) is 3.39. The van der Waals surface area contributed by atoms with Gasteiger partial charge in [-0.3, -0.25) is 9.48 Å². The molecule has 1 amide bonds. The molecule has 0 bridgehead atoms. The van der Waals surface area contributed by atoms with Gasteiger partial charge in [0.15, 0.2) is 0 Å². The molecule has 0 atom stereocenters. The largest absolute Gasteiger partial charge is 0.399 e. The van der Waals surface area contributed by atoms with Gasteiger partial charge in [0.1, 0.15) is 6.54 Å². The number of nitrogens with zero attached hydrogens (tertiary/aromatic N) is 2. The maximum atomic E-state index is 11.7. The molecule has 0 saturated heterocycles. The van der Waals surface area contributed by atoms with Crippen molar-refractivity contribution in [3.05, 3.63) is 42.2 Å². The quantitative estimate of drug-likeness (QED) is 0.783. The predicted molar refractivity (Wildman–Crippen MR) is 66.4 cm³/mol. The Kier molecular flexibility index (Phi) is 3.09. The van der Waals surface area contributed by atoms with Gasteiger partial charge < -0.3 is 11.1 Å². The van der Waals surface area contributed by atoms with Crippen LogP contribution in [0.15, 0.2) is 36.7 Å². The van der Waals surface area contributed by atoms with Crippen molar-refractivity contribution in [2.45, 2.75) is 13.5 Å². The van der Waals surface area contributed by atoms with E-state index in [1.165, 1.54) is 0 Å². The molecular weight excluding hydrogens is 216 g/mol. The second-order valence-corrected chi connectivity index (χ2v) is 3.83. The van der Waals surface area contributed by atoms with Crippen LogP contribution in [-0.2, 0) is 11.3 Å². The minimum absolute atomic E-state index is 0.110. The zero-order chi connectivity index (χ0) is 12.3. The number of nitrogens with two attached hydrogens (primary N) is 1. The molecule has 5 nitrogen and oxygen atoms in total. The standard InChI is InChI=1S/C12H14N4O/c1-9-7-10(13)3-4-11(9)15-12(17)8-16-6-2-5-14-16/h2-7H,8,13H2,1H3,(H,15,17). The van der Waals surface area contributed by atoms with Crippen molar-refractivity contribution in [3.8, 4) is 0 Å². The second kappa shape index (κ2) is 4.69. The lowest BCUT2D eigenvalue weighted by atomic mass is 10.2. The van der Waals surface area contributed by atoms with Crippen molar-refractivity contribution in [2.75, 3.05) is 11.1 Å². The molecule has 2 aromatic rings. The number of anilines is 2. The van der Waals surface area contributed by atoms with Crippen molar-refractivity contribution >= 4 is 17.3 Å². The fourth-order valence-electron chi connectivity index (χ4n) is 1.56. The molecule has 0 saturated carbocycles. The first-order valence-electron chi connectivity index (χ1n) is 5.28. The maximum absolute atomic E-state index is 11.7. The van der Waals surface area contributed by atoms with E-state index in [-0.39, 0.29) is 12.5 Å². The number of aryl methyl sites for hydroxylation is 1. The number of benzene rings is 1. The molecule has 0 aliphatic carbocycles. The zero-order valence-corrected chi connectivity index (χ0v) is 9.55. The maximum Gasteiger partial charge on any atom is 0.246 e. The van der Waals surface area contributed by atoms with Crippen molar-refractivity contribution in [1.82, 2.24) is 9.78 Å². The number of hydrogen-bond acceptors (Lipinski definition) is 3. The Labute approximate surface area is 99.2 Å². The van der Waals surface area contributed by atoms with E-state index < -0.39 is 0 Å². The van der Waals surface area contributed by atoms with Crippen LogP contribution in [0.5, 0.6) is 0 Å². The Bertz CT molecular complexity index is 519. The van der Waals surface area contributed by atoms with Crippen LogP contribution in [0.3, 0.4) is 0 Å². The SMILES string of the molecule is Cc1cc(N)ccc1NC(=O)Cn1cccn1. The number of carbonyl (C=O) groups is 1. The normalized spacial score (nSPS) is 10.2. The second-order valence-electron chi connectivity index (χ2n) is 3.83. The van der Waals surface area contributed by atoms with E-state index in [9.17, 15) is 4.79 Å². The van der Waals surface area contributed by atoms with Gasteiger partial charge in [-0.1, -0.05) is 0 Å². The molecule has 3 N–H and O–H groups in total. The van der Waals surface area contributed by atoms with Gasteiger partial charge in [0.25, 0.3) is 0 Å². The van der Waals surface area contributed by atoms with Crippen molar-refractivity contribution in [2.24, 2.45) is 0 Å². The van der Waals surface area contributed by atoms with Crippen LogP contribution in [0.2, 0.25) is 0 Å². The van der Waals surface area contributed by atoms with E-state index in [1.54, 1.807) is 35.3 Å². The van der Waals surface area contributed by atoms with Gasteiger partial charge in [-0.2, -0.15) is 5.10 Å². The average molecular weight is 230 g/mol. The summed E-state index contributed by atoms with van der Waals surface area (Å²) in [7, 11) is 0. The molecule has 0 fully saturated rings. The van der Waals surface area contributed by atoms with Crippen LogP contribution in [0.1, 0.15) is 5.56 Å². The van der Waals surface area contributed by atoms with E-state index in [1.807, 2.05) is 13.0 Å². The number of carbonyl (C=O) groups excluding carboxylic acids is 1. The first kappa shape index (κ1) is 11.2. The van der Waals surface area contributed by atoms with Gasteiger partial charge in [0.05, 0.1) is 0 Å². The Morgan fingerprint density at radius 1 is 1.53 bits per heavy atom. The topological polar surface area (TPSA) is 72.9 Å². The average Bonchev–Trinajstić information content (AvgIpc) is 2.75. The van der Waals surface area contributed by atoms with E-state index in [2.05, 4.69) is 10.4 Å². The van der Waals surface area contributed by atoms with Crippen molar-refractivity contribution in [1.29, 1.82) is 0 Å². The van der Waals surface area contributed by atoms with Crippen molar-refractivity contribution < 1.29 is 4.79 Å². The van der Waals surface area contributed by atoms with E-state index >= 15 is 0 Å². The van der Waals surface area contributed by atoms with E-state index in [4.69, 9.17) is 5.73 Å².